The summed E-state index contributed by atoms with van der Waals surface area (Å²) in [5, 5.41) is 0. The first-order valence-electron chi connectivity index (χ1n) is 12.9. The summed E-state index contributed by atoms with van der Waals surface area (Å²) >= 11 is 0. The van der Waals surface area contributed by atoms with Crippen LogP contribution in [0.2, 0.25) is 0 Å². The molecule has 1 atom stereocenters. The average Bonchev–Trinajstić information content (AvgIpc) is 3.27. The van der Waals surface area contributed by atoms with E-state index in [-0.39, 0.29) is 0 Å². The molecule has 0 saturated carbocycles. The van der Waals surface area contributed by atoms with Gasteiger partial charge in [-0.3, -0.25) is 0 Å². The van der Waals surface area contributed by atoms with Crippen LogP contribution in [0.1, 0.15) is 46.9 Å². The number of ether oxygens (including phenoxy) is 3. The molecule has 1 aliphatic rings. The summed E-state index contributed by atoms with van der Waals surface area (Å²) in [5.74, 6) is 3.13. The predicted molar refractivity (Wildman–Crippen MR) is 151 cm³/mol. The molecule has 4 aromatic rings. The van der Waals surface area contributed by atoms with E-state index in [0.717, 1.165) is 36.5 Å². The third-order valence-electron chi connectivity index (χ3n) is 7.41. The minimum absolute atomic E-state index is 0.351. The van der Waals surface area contributed by atoms with E-state index in [1.165, 1.54) is 33.4 Å². The maximum Gasteiger partial charge on any atom is 0.160 e. The fourth-order valence-electron chi connectivity index (χ4n) is 5.61. The van der Waals surface area contributed by atoms with E-state index in [0.29, 0.717) is 18.4 Å². The van der Waals surface area contributed by atoms with E-state index in [2.05, 4.69) is 85.4 Å². The number of aryl methyl sites for hydroxylation is 1. The highest BCUT2D eigenvalue weighted by Crippen LogP contribution is 2.49. The Balaban J connectivity index is 1.47. The summed E-state index contributed by atoms with van der Waals surface area (Å²) in [6.07, 6.45) is 4.78. The maximum absolute atomic E-state index is 5.90. The number of benzene rings is 4. The largest absolute Gasteiger partial charge is 0.493 e. The molecule has 0 saturated heterocycles. The topological polar surface area (TPSA) is 27.7 Å². The molecule has 0 N–H and O–H groups in total. The molecule has 0 spiro atoms. The number of methoxy groups -OCH3 is 2. The van der Waals surface area contributed by atoms with Crippen molar-refractivity contribution in [1.29, 1.82) is 0 Å². The molecule has 5 rings (SSSR count). The molecule has 0 fully saturated rings. The molecule has 0 radical (unpaired) electrons. The van der Waals surface area contributed by atoms with Crippen LogP contribution >= 0.6 is 0 Å². The van der Waals surface area contributed by atoms with Gasteiger partial charge in [0.2, 0.25) is 0 Å². The van der Waals surface area contributed by atoms with Gasteiger partial charge in [-0.05, 0) is 82.8 Å². The molecule has 0 heterocycles. The van der Waals surface area contributed by atoms with Gasteiger partial charge in [0, 0.05) is 5.92 Å². The van der Waals surface area contributed by atoms with Gasteiger partial charge in [-0.15, -0.1) is 0 Å². The van der Waals surface area contributed by atoms with Crippen LogP contribution in [0.5, 0.6) is 17.2 Å². The molecule has 1 unspecified atom stereocenters. The van der Waals surface area contributed by atoms with Crippen molar-refractivity contribution in [2.75, 3.05) is 20.8 Å². The van der Waals surface area contributed by atoms with Crippen molar-refractivity contribution in [2.45, 2.75) is 31.1 Å². The molecule has 0 aliphatic heterocycles. The molecule has 0 amide bonds. The summed E-state index contributed by atoms with van der Waals surface area (Å²) in [6, 6.07) is 32.6. The zero-order chi connectivity index (χ0) is 25.6. The van der Waals surface area contributed by atoms with Crippen LogP contribution in [0.25, 0.3) is 11.1 Å². The molecule has 3 heteroatoms. The Morgan fingerprint density at radius 2 is 1.49 bits per heavy atom. The summed E-state index contributed by atoms with van der Waals surface area (Å²) in [7, 11) is 3.36. The lowest BCUT2D eigenvalue weighted by atomic mass is 9.81. The molecule has 4 aromatic carbocycles. The molecule has 188 valence electrons. The summed E-state index contributed by atoms with van der Waals surface area (Å²) in [6.45, 7) is 4.29. The summed E-state index contributed by atoms with van der Waals surface area (Å²) in [5.41, 5.74) is 8.14. The minimum Gasteiger partial charge on any atom is -0.493 e. The average molecular weight is 491 g/mol. The van der Waals surface area contributed by atoms with E-state index in [1.807, 2.05) is 12.1 Å². The van der Waals surface area contributed by atoms with E-state index >= 15 is 0 Å². The number of hydrogen-bond donors (Lipinski definition) is 0. The van der Waals surface area contributed by atoms with Crippen molar-refractivity contribution < 1.29 is 14.2 Å². The highest BCUT2D eigenvalue weighted by atomic mass is 16.5. The van der Waals surface area contributed by atoms with E-state index in [1.54, 1.807) is 20.3 Å². The Bertz CT molecular complexity index is 1330. The fourth-order valence-corrected chi connectivity index (χ4v) is 5.61. The second-order valence-electron chi connectivity index (χ2n) is 9.56. The SMILES string of the molecule is C=CCOc1cccc(C(CCc2ccc(OC)c(OC)c2)CC2c3ccccc3-c3ccccc32)c1. The lowest BCUT2D eigenvalue weighted by Crippen LogP contribution is -2.08. The Kier molecular flexibility index (Phi) is 7.60. The summed E-state index contributed by atoms with van der Waals surface area (Å²) in [4.78, 5) is 0. The van der Waals surface area contributed by atoms with Gasteiger partial charge in [0.05, 0.1) is 14.2 Å². The normalized spacial score (nSPS) is 12.9. The van der Waals surface area contributed by atoms with Crippen molar-refractivity contribution in [3.8, 4) is 28.4 Å². The zero-order valence-electron chi connectivity index (χ0n) is 21.7. The minimum atomic E-state index is 0.351. The van der Waals surface area contributed by atoms with E-state index in [4.69, 9.17) is 14.2 Å². The van der Waals surface area contributed by atoms with Crippen LogP contribution in [0.4, 0.5) is 0 Å². The fraction of sp³-hybridized carbons (Fsp3) is 0.235. The molecule has 1 aliphatic carbocycles. The first kappa shape index (κ1) is 24.7. The Hall–Kier alpha value is -3.98. The monoisotopic (exact) mass is 490 g/mol. The van der Waals surface area contributed by atoms with Crippen LogP contribution in [0.15, 0.2) is 104 Å². The van der Waals surface area contributed by atoms with Crippen LogP contribution in [-0.4, -0.2) is 20.8 Å². The van der Waals surface area contributed by atoms with Crippen LogP contribution < -0.4 is 14.2 Å². The highest BCUT2D eigenvalue weighted by Gasteiger charge is 2.30. The van der Waals surface area contributed by atoms with Crippen LogP contribution in [0, 0.1) is 0 Å². The highest BCUT2D eigenvalue weighted by molar-refractivity contribution is 5.78. The van der Waals surface area contributed by atoms with Gasteiger partial charge < -0.3 is 14.2 Å². The van der Waals surface area contributed by atoms with Crippen LogP contribution in [0.3, 0.4) is 0 Å². The van der Waals surface area contributed by atoms with Crippen molar-refractivity contribution >= 4 is 0 Å². The Labute approximate surface area is 220 Å². The van der Waals surface area contributed by atoms with Crippen molar-refractivity contribution in [1.82, 2.24) is 0 Å². The molecular formula is C34H34O3. The lowest BCUT2D eigenvalue weighted by molar-refractivity contribution is 0.354. The van der Waals surface area contributed by atoms with Gasteiger partial charge in [0.25, 0.3) is 0 Å². The van der Waals surface area contributed by atoms with Crippen molar-refractivity contribution in [3.05, 3.63) is 126 Å². The van der Waals surface area contributed by atoms with Gasteiger partial charge in [-0.25, -0.2) is 0 Å². The third-order valence-corrected chi connectivity index (χ3v) is 7.41. The quantitative estimate of drug-likeness (QED) is 0.198. The first-order chi connectivity index (χ1) is 18.2. The van der Waals surface area contributed by atoms with E-state index < -0.39 is 0 Å². The van der Waals surface area contributed by atoms with Gasteiger partial charge >= 0.3 is 0 Å². The van der Waals surface area contributed by atoms with Crippen molar-refractivity contribution in [2.24, 2.45) is 0 Å². The molecule has 37 heavy (non-hydrogen) atoms. The number of rotatable bonds is 11. The first-order valence-corrected chi connectivity index (χ1v) is 12.9. The Morgan fingerprint density at radius 3 is 2.16 bits per heavy atom. The lowest BCUT2D eigenvalue weighted by Gasteiger charge is -2.24. The molecule has 0 bridgehead atoms. The summed E-state index contributed by atoms with van der Waals surface area (Å²) < 4.78 is 16.9. The van der Waals surface area contributed by atoms with E-state index in [9.17, 15) is 0 Å². The standard InChI is InChI=1S/C34H34O3/c1-4-20-37-27-11-9-10-25(22-27)26(18-16-24-17-19-33(35-2)34(21-24)36-3)23-32-30-14-7-5-12-28(30)29-13-6-8-15-31(29)32/h4-15,17,19,21-22,26,32H,1,16,18,20,23H2,2-3H3. The second-order valence-corrected chi connectivity index (χ2v) is 9.56. The van der Waals surface area contributed by atoms with Gasteiger partial charge in [-0.1, -0.05) is 79.4 Å². The Morgan fingerprint density at radius 1 is 0.784 bits per heavy atom. The van der Waals surface area contributed by atoms with Gasteiger partial charge in [0.15, 0.2) is 11.5 Å². The molecule has 3 nitrogen and oxygen atoms in total. The third kappa shape index (κ3) is 5.27. The maximum atomic E-state index is 5.90. The van der Waals surface area contributed by atoms with Crippen LogP contribution in [-0.2, 0) is 6.42 Å². The van der Waals surface area contributed by atoms with Crippen molar-refractivity contribution in [3.63, 3.8) is 0 Å². The predicted octanol–water partition coefficient (Wildman–Crippen LogP) is 8.19. The molecular weight excluding hydrogens is 456 g/mol. The van der Waals surface area contributed by atoms with Gasteiger partial charge in [0.1, 0.15) is 12.4 Å². The number of fused-ring (bicyclic) bond motifs is 3. The number of hydrogen-bond acceptors (Lipinski definition) is 3. The molecule has 0 aromatic heterocycles. The second kappa shape index (κ2) is 11.4. The van der Waals surface area contributed by atoms with Gasteiger partial charge in [-0.2, -0.15) is 0 Å². The smallest absolute Gasteiger partial charge is 0.160 e. The zero-order valence-corrected chi connectivity index (χ0v) is 21.7.